The molecule has 0 aliphatic heterocycles. The maximum Gasteiger partial charge on any atom is 0.126 e. The van der Waals surface area contributed by atoms with Gasteiger partial charge in [-0.25, -0.2) is 9.97 Å². The van der Waals surface area contributed by atoms with Crippen LogP contribution < -0.4 is 16.4 Å². The molecule has 0 aromatic carbocycles. The third kappa shape index (κ3) is 5.22. The largest absolute Gasteiger partial charge is 0.367 e. The van der Waals surface area contributed by atoms with Crippen molar-refractivity contribution in [1.29, 1.82) is 0 Å². The average molecular weight is 409 g/mol. The Bertz CT molecular complexity index is 941. The van der Waals surface area contributed by atoms with E-state index in [1.165, 1.54) is 0 Å². The summed E-state index contributed by atoms with van der Waals surface area (Å²) in [5, 5.41) is 7.49. The molecule has 0 unspecified atom stereocenters. The molecule has 1 aliphatic rings. The summed E-state index contributed by atoms with van der Waals surface area (Å²) >= 11 is 6.46. The maximum absolute atomic E-state index is 6.46. The second kappa shape index (κ2) is 9.20. The third-order valence-corrected chi connectivity index (χ3v) is 5.55. The first-order valence-electron chi connectivity index (χ1n) is 9.94. The predicted octanol–water partition coefficient (Wildman–Crippen LogP) is 4.49. The summed E-state index contributed by atoms with van der Waals surface area (Å²) < 4.78 is 0. The van der Waals surface area contributed by atoms with Crippen LogP contribution >= 0.6 is 11.6 Å². The van der Waals surface area contributed by atoms with E-state index in [4.69, 9.17) is 17.3 Å². The van der Waals surface area contributed by atoms with Crippen LogP contribution in [0.5, 0.6) is 0 Å². The van der Waals surface area contributed by atoms with Crippen LogP contribution in [-0.4, -0.2) is 27.0 Å². The van der Waals surface area contributed by atoms with Crippen molar-refractivity contribution < 1.29 is 0 Å². The lowest BCUT2D eigenvalue weighted by atomic mass is 9.92. The number of aromatic nitrogens is 3. The van der Waals surface area contributed by atoms with E-state index in [0.717, 1.165) is 54.0 Å². The Labute approximate surface area is 175 Å². The minimum Gasteiger partial charge on any atom is -0.367 e. The Morgan fingerprint density at radius 1 is 1.00 bits per heavy atom. The van der Waals surface area contributed by atoms with E-state index >= 15 is 0 Å². The van der Waals surface area contributed by atoms with Crippen LogP contribution in [0.1, 0.15) is 31.2 Å². The second-order valence-corrected chi connectivity index (χ2v) is 7.86. The molecule has 0 amide bonds. The molecule has 3 aromatic heterocycles. The van der Waals surface area contributed by atoms with E-state index in [0.29, 0.717) is 23.7 Å². The summed E-state index contributed by atoms with van der Waals surface area (Å²) in [5.41, 5.74) is 9.04. The molecule has 7 heteroatoms. The molecule has 1 aliphatic carbocycles. The lowest BCUT2D eigenvalue weighted by Gasteiger charge is -2.27. The molecule has 4 N–H and O–H groups in total. The van der Waals surface area contributed by atoms with Crippen LogP contribution in [0.3, 0.4) is 0 Å². The van der Waals surface area contributed by atoms with Gasteiger partial charge in [-0.15, -0.1) is 0 Å². The zero-order valence-corrected chi connectivity index (χ0v) is 16.9. The fraction of sp³-hybridized carbons (Fsp3) is 0.318. The van der Waals surface area contributed by atoms with Gasteiger partial charge in [-0.05, 0) is 61.1 Å². The Balaban J connectivity index is 1.48. The molecule has 6 nitrogen and oxygen atoms in total. The van der Waals surface area contributed by atoms with Gasteiger partial charge in [0.05, 0.1) is 5.02 Å². The van der Waals surface area contributed by atoms with E-state index in [9.17, 15) is 0 Å². The van der Waals surface area contributed by atoms with Crippen molar-refractivity contribution >= 4 is 23.2 Å². The van der Waals surface area contributed by atoms with Gasteiger partial charge in [0.1, 0.15) is 11.6 Å². The summed E-state index contributed by atoms with van der Waals surface area (Å²) in [6.45, 7) is 0.658. The highest BCUT2D eigenvalue weighted by Gasteiger charge is 2.19. The molecule has 3 heterocycles. The quantitative estimate of drug-likeness (QED) is 0.557. The van der Waals surface area contributed by atoms with E-state index in [1.807, 2.05) is 36.5 Å². The number of nitrogens with two attached hydrogens (primary N) is 1. The highest BCUT2D eigenvalue weighted by Crippen LogP contribution is 2.31. The first-order valence-corrected chi connectivity index (χ1v) is 10.3. The number of pyridine rings is 3. The second-order valence-electron chi connectivity index (χ2n) is 7.45. The van der Waals surface area contributed by atoms with Gasteiger partial charge in [-0.1, -0.05) is 17.7 Å². The molecule has 3 aromatic rings. The number of anilines is 2. The van der Waals surface area contributed by atoms with Gasteiger partial charge >= 0.3 is 0 Å². The lowest BCUT2D eigenvalue weighted by Crippen LogP contribution is -2.33. The zero-order chi connectivity index (χ0) is 20.1. The van der Waals surface area contributed by atoms with E-state index in [2.05, 4.69) is 25.6 Å². The monoisotopic (exact) mass is 408 g/mol. The number of nitrogens with one attached hydrogen (secondary N) is 2. The summed E-state index contributed by atoms with van der Waals surface area (Å²) in [6, 6.07) is 10.7. The number of rotatable bonds is 6. The molecular formula is C22H25ClN6. The Hall–Kier alpha value is -2.70. The SMILES string of the molecule is NC1CCC(Nc2cc(-c3ccnc(NCc4cccnc4)c3)c(Cl)cn2)CC1. The summed E-state index contributed by atoms with van der Waals surface area (Å²) in [6.07, 6.45) is 11.3. The smallest absolute Gasteiger partial charge is 0.126 e. The molecule has 0 spiro atoms. The van der Waals surface area contributed by atoms with Crippen LogP contribution in [0, 0.1) is 0 Å². The maximum atomic E-state index is 6.46. The molecule has 1 fully saturated rings. The van der Waals surface area contributed by atoms with Gasteiger partial charge in [-0.3, -0.25) is 4.98 Å². The highest BCUT2D eigenvalue weighted by atomic mass is 35.5. The Morgan fingerprint density at radius 2 is 1.86 bits per heavy atom. The van der Waals surface area contributed by atoms with Crippen molar-refractivity contribution in [3.05, 3.63) is 65.7 Å². The fourth-order valence-corrected chi connectivity index (χ4v) is 3.81. The standard InChI is InChI=1S/C22H25ClN6/c23-20-14-28-22(29-18-5-3-17(24)4-6-18)11-19(20)16-7-9-26-21(10-16)27-13-15-2-1-8-25-12-15/h1-2,7-12,14,17-18H,3-6,13,24H2,(H,26,27)(H,28,29). The molecule has 4 rings (SSSR count). The van der Waals surface area contributed by atoms with Crippen molar-refractivity contribution in [3.8, 4) is 11.1 Å². The van der Waals surface area contributed by atoms with E-state index < -0.39 is 0 Å². The molecule has 0 bridgehead atoms. The topological polar surface area (TPSA) is 88.8 Å². The summed E-state index contributed by atoms with van der Waals surface area (Å²) in [4.78, 5) is 13.0. The third-order valence-electron chi connectivity index (χ3n) is 5.25. The van der Waals surface area contributed by atoms with Crippen LogP contribution in [0.15, 0.2) is 55.1 Å². The van der Waals surface area contributed by atoms with Crippen LogP contribution in [0.4, 0.5) is 11.6 Å². The number of hydrogen-bond donors (Lipinski definition) is 3. The van der Waals surface area contributed by atoms with Gasteiger partial charge in [-0.2, -0.15) is 0 Å². The number of nitrogens with zero attached hydrogens (tertiary/aromatic N) is 3. The molecule has 0 atom stereocenters. The number of hydrogen-bond acceptors (Lipinski definition) is 6. The lowest BCUT2D eigenvalue weighted by molar-refractivity contribution is 0.410. The van der Waals surface area contributed by atoms with E-state index in [1.54, 1.807) is 18.6 Å². The molecule has 0 saturated heterocycles. The molecular weight excluding hydrogens is 384 g/mol. The van der Waals surface area contributed by atoms with Gasteiger partial charge in [0.15, 0.2) is 0 Å². The first kappa shape index (κ1) is 19.6. The molecule has 29 heavy (non-hydrogen) atoms. The van der Waals surface area contributed by atoms with Crippen molar-refractivity contribution in [2.75, 3.05) is 10.6 Å². The van der Waals surface area contributed by atoms with Gasteiger partial charge in [0, 0.05) is 49.0 Å². The van der Waals surface area contributed by atoms with Crippen LogP contribution in [0.2, 0.25) is 5.02 Å². The Morgan fingerprint density at radius 3 is 2.66 bits per heavy atom. The van der Waals surface area contributed by atoms with Gasteiger partial charge < -0.3 is 16.4 Å². The zero-order valence-electron chi connectivity index (χ0n) is 16.2. The van der Waals surface area contributed by atoms with Crippen molar-refractivity contribution in [3.63, 3.8) is 0 Å². The molecule has 150 valence electrons. The summed E-state index contributed by atoms with van der Waals surface area (Å²) in [7, 11) is 0. The average Bonchev–Trinajstić information content (AvgIpc) is 2.76. The van der Waals surface area contributed by atoms with Crippen molar-refractivity contribution in [2.45, 2.75) is 44.3 Å². The normalized spacial score (nSPS) is 19.0. The first-order chi connectivity index (χ1) is 14.2. The minimum atomic E-state index is 0.330. The number of halogens is 1. The minimum absolute atomic E-state index is 0.330. The fourth-order valence-electron chi connectivity index (χ4n) is 3.60. The highest BCUT2D eigenvalue weighted by molar-refractivity contribution is 6.33. The van der Waals surface area contributed by atoms with Gasteiger partial charge in [0.25, 0.3) is 0 Å². The predicted molar refractivity (Wildman–Crippen MR) is 118 cm³/mol. The summed E-state index contributed by atoms with van der Waals surface area (Å²) in [5.74, 6) is 1.63. The van der Waals surface area contributed by atoms with Crippen molar-refractivity contribution in [1.82, 2.24) is 15.0 Å². The molecule has 1 saturated carbocycles. The van der Waals surface area contributed by atoms with Gasteiger partial charge in [0.2, 0.25) is 0 Å². The Kier molecular flexibility index (Phi) is 6.22. The van der Waals surface area contributed by atoms with Crippen molar-refractivity contribution in [2.24, 2.45) is 5.73 Å². The molecule has 0 radical (unpaired) electrons. The van der Waals surface area contributed by atoms with Crippen LogP contribution in [-0.2, 0) is 6.54 Å². The van der Waals surface area contributed by atoms with E-state index in [-0.39, 0.29) is 0 Å². The van der Waals surface area contributed by atoms with Crippen LogP contribution in [0.25, 0.3) is 11.1 Å².